The van der Waals surface area contributed by atoms with Gasteiger partial charge in [0.2, 0.25) is 0 Å². The Morgan fingerprint density at radius 3 is 2.59 bits per heavy atom. The van der Waals surface area contributed by atoms with Gasteiger partial charge < -0.3 is 10.1 Å². The fraction of sp³-hybridized carbons (Fsp3) is 0.125. The lowest BCUT2D eigenvalue weighted by Gasteiger charge is -2.12. The molecular formula is C16H13BrClNO3. The third-order valence-electron chi connectivity index (χ3n) is 2.89. The van der Waals surface area contributed by atoms with Gasteiger partial charge in [0.05, 0.1) is 5.56 Å². The van der Waals surface area contributed by atoms with Gasteiger partial charge in [0.1, 0.15) is 5.75 Å². The first-order valence-electron chi connectivity index (χ1n) is 6.42. The Morgan fingerprint density at radius 2 is 1.91 bits per heavy atom. The van der Waals surface area contributed by atoms with E-state index in [0.717, 1.165) is 10.0 Å². The summed E-state index contributed by atoms with van der Waals surface area (Å²) >= 11 is 9.29. The van der Waals surface area contributed by atoms with E-state index in [2.05, 4.69) is 21.2 Å². The van der Waals surface area contributed by atoms with Gasteiger partial charge in [-0.2, -0.15) is 0 Å². The smallest absolute Gasteiger partial charge is 0.308 e. The summed E-state index contributed by atoms with van der Waals surface area (Å²) in [6, 6.07) is 10.1. The molecule has 22 heavy (non-hydrogen) atoms. The Morgan fingerprint density at radius 1 is 1.18 bits per heavy atom. The second-order valence-corrected chi connectivity index (χ2v) is 6.00. The molecule has 0 atom stereocenters. The van der Waals surface area contributed by atoms with Gasteiger partial charge in [-0.05, 0) is 42.8 Å². The van der Waals surface area contributed by atoms with Crippen LogP contribution in [0.4, 0.5) is 5.69 Å². The monoisotopic (exact) mass is 381 g/mol. The fourth-order valence-corrected chi connectivity index (χ4v) is 2.38. The second kappa shape index (κ2) is 6.94. The van der Waals surface area contributed by atoms with Crippen LogP contribution < -0.4 is 10.1 Å². The van der Waals surface area contributed by atoms with Crippen LogP contribution in [-0.4, -0.2) is 11.9 Å². The predicted octanol–water partition coefficient (Wildman–Crippen LogP) is 4.59. The van der Waals surface area contributed by atoms with Gasteiger partial charge in [-0.3, -0.25) is 9.59 Å². The van der Waals surface area contributed by atoms with Crippen molar-refractivity contribution in [3.63, 3.8) is 0 Å². The average molecular weight is 383 g/mol. The summed E-state index contributed by atoms with van der Waals surface area (Å²) in [6.07, 6.45) is 0. The molecule has 0 saturated carbocycles. The van der Waals surface area contributed by atoms with Gasteiger partial charge in [-0.15, -0.1) is 0 Å². The van der Waals surface area contributed by atoms with Crippen molar-refractivity contribution in [2.45, 2.75) is 13.8 Å². The number of hydrogen-bond donors (Lipinski definition) is 1. The summed E-state index contributed by atoms with van der Waals surface area (Å²) < 4.78 is 5.89. The topological polar surface area (TPSA) is 55.4 Å². The molecule has 0 spiro atoms. The molecule has 4 nitrogen and oxygen atoms in total. The fourth-order valence-electron chi connectivity index (χ4n) is 1.84. The molecule has 0 aliphatic carbocycles. The first-order valence-corrected chi connectivity index (χ1v) is 7.59. The zero-order valence-electron chi connectivity index (χ0n) is 11.9. The van der Waals surface area contributed by atoms with Crippen molar-refractivity contribution in [1.29, 1.82) is 0 Å². The van der Waals surface area contributed by atoms with Crippen LogP contribution in [0.1, 0.15) is 22.8 Å². The number of amides is 1. The number of rotatable bonds is 3. The number of carbonyl (C=O) groups is 2. The molecular weight excluding hydrogens is 370 g/mol. The highest BCUT2D eigenvalue weighted by Gasteiger charge is 2.16. The number of benzene rings is 2. The highest BCUT2D eigenvalue weighted by Crippen LogP contribution is 2.26. The second-order valence-electron chi connectivity index (χ2n) is 4.65. The lowest BCUT2D eigenvalue weighted by atomic mass is 10.1. The predicted molar refractivity (Wildman–Crippen MR) is 89.6 cm³/mol. The van der Waals surface area contributed by atoms with Gasteiger partial charge in [-0.25, -0.2) is 0 Å². The van der Waals surface area contributed by atoms with E-state index in [1.807, 2.05) is 19.1 Å². The van der Waals surface area contributed by atoms with Gasteiger partial charge in [0.25, 0.3) is 5.91 Å². The Hall–Kier alpha value is -1.85. The largest absolute Gasteiger partial charge is 0.426 e. The average Bonchev–Trinajstić information content (AvgIpc) is 2.44. The number of ether oxygens (including phenoxy) is 1. The van der Waals surface area contributed by atoms with Crippen LogP contribution in [0.25, 0.3) is 0 Å². The summed E-state index contributed by atoms with van der Waals surface area (Å²) in [5, 5.41) is 3.17. The van der Waals surface area contributed by atoms with Crippen LogP contribution in [-0.2, 0) is 4.79 Å². The van der Waals surface area contributed by atoms with Crippen molar-refractivity contribution < 1.29 is 14.3 Å². The molecule has 0 bridgehead atoms. The van der Waals surface area contributed by atoms with Crippen molar-refractivity contribution in [3.05, 3.63) is 57.0 Å². The molecule has 114 valence electrons. The number of hydrogen-bond acceptors (Lipinski definition) is 3. The molecule has 0 heterocycles. The Kier molecular flexibility index (Phi) is 5.21. The summed E-state index contributed by atoms with van der Waals surface area (Å²) in [5.74, 6) is -0.739. The summed E-state index contributed by atoms with van der Waals surface area (Å²) in [6.45, 7) is 3.15. The standard InChI is InChI=1S/C16H13BrClNO3/c1-9-3-4-11(17)7-14(9)19-16(21)13-8-12(18)5-6-15(13)22-10(2)20/h3-8H,1-2H3,(H,19,21). The highest BCUT2D eigenvalue weighted by molar-refractivity contribution is 9.10. The lowest BCUT2D eigenvalue weighted by molar-refractivity contribution is -0.131. The van der Waals surface area contributed by atoms with Crippen LogP contribution in [0.15, 0.2) is 40.9 Å². The first kappa shape index (κ1) is 16.5. The number of carbonyl (C=O) groups excluding carboxylic acids is 2. The summed E-state index contributed by atoms with van der Waals surface area (Å²) in [7, 11) is 0. The van der Waals surface area contributed by atoms with Gasteiger partial charge in [0, 0.05) is 22.1 Å². The van der Waals surface area contributed by atoms with E-state index >= 15 is 0 Å². The maximum atomic E-state index is 12.5. The minimum atomic E-state index is -0.505. The minimum Gasteiger partial charge on any atom is -0.426 e. The third kappa shape index (κ3) is 4.08. The molecule has 6 heteroatoms. The highest BCUT2D eigenvalue weighted by atomic mass is 79.9. The molecule has 0 radical (unpaired) electrons. The van der Waals surface area contributed by atoms with E-state index < -0.39 is 11.9 Å². The van der Waals surface area contributed by atoms with E-state index in [4.69, 9.17) is 16.3 Å². The molecule has 1 N–H and O–H groups in total. The summed E-state index contributed by atoms with van der Waals surface area (Å²) in [5.41, 5.74) is 1.77. The lowest BCUT2D eigenvalue weighted by Crippen LogP contribution is -2.15. The Labute approximate surface area is 141 Å². The molecule has 0 aromatic heterocycles. The van der Waals surface area contributed by atoms with E-state index in [-0.39, 0.29) is 11.3 Å². The molecule has 2 rings (SSSR count). The normalized spacial score (nSPS) is 10.2. The third-order valence-corrected chi connectivity index (χ3v) is 3.62. The Balaban J connectivity index is 2.34. The zero-order chi connectivity index (χ0) is 16.3. The van der Waals surface area contributed by atoms with Crippen LogP contribution in [0, 0.1) is 6.92 Å². The molecule has 0 saturated heterocycles. The molecule has 0 fully saturated rings. The minimum absolute atomic E-state index is 0.169. The molecule has 2 aromatic carbocycles. The number of halogens is 2. The number of nitrogens with one attached hydrogen (secondary N) is 1. The van der Waals surface area contributed by atoms with Crippen LogP contribution >= 0.6 is 27.5 Å². The molecule has 0 aliphatic heterocycles. The van der Waals surface area contributed by atoms with Gasteiger partial charge >= 0.3 is 5.97 Å². The van der Waals surface area contributed by atoms with Crippen LogP contribution in [0.5, 0.6) is 5.75 Å². The van der Waals surface area contributed by atoms with Crippen LogP contribution in [0.3, 0.4) is 0 Å². The van der Waals surface area contributed by atoms with E-state index in [1.165, 1.54) is 19.1 Å². The van der Waals surface area contributed by atoms with Crippen molar-refractivity contribution in [1.82, 2.24) is 0 Å². The van der Waals surface area contributed by atoms with Gasteiger partial charge in [-0.1, -0.05) is 33.6 Å². The first-order chi connectivity index (χ1) is 10.4. The number of aryl methyl sites for hydroxylation is 1. The maximum absolute atomic E-state index is 12.5. The number of esters is 1. The van der Waals surface area contributed by atoms with Crippen molar-refractivity contribution in [2.75, 3.05) is 5.32 Å². The summed E-state index contributed by atoms with van der Waals surface area (Å²) in [4.78, 5) is 23.6. The van der Waals surface area contributed by atoms with E-state index in [1.54, 1.807) is 12.1 Å². The molecule has 2 aromatic rings. The van der Waals surface area contributed by atoms with Crippen molar-refractivity contribution in [3.8, 4) is 5.75 Å². The quantitative estimate of drug-likeness (QED) is 0.624. The number of anilines is 1. The molecule has 1 amide bonds. The van der Waals surface area contributed by atoms with Crippen LogP contribution in [0.2, 0.25) is 5.02 Å². The molecule has 0 aliphatic rings. The van der Waals surface area contributed by atoms with E-state index in [0.29, 0.717) is 10.7 Å². The maximum Gasteiger partial charge on any atom is 0.308 e. The van der Waals surface area contributed by atoms with Crippen molar-refractivity contribution in [2.24, 2.45) is 0 Å². The van der Waals surface area contributed by atoms with E-state index in [9.17, 15) is 9.59 Å². The SMILES string of the molecule is CC(=O)Oc1ccc(Cl)cc1C(=O)Nc1cc(Br)ccc1C. The molecule has 0 unspecified atom stereocenters. The Bertz CT molecular complexity index is 746. The van der Waals surface area contributed by atoms with Crippen molar-refractivity contribution >= 4 is 45.1 Å². The zero-order valence-corrected chi connectivity index (χ0v) is 14.3. The van der Waals surface area contributed by atoms with Gasteiger partial charge in [0.15, 0.2) is 0 Å².